The van der Waals surface area contributed by atoms with E-state index in [1.807, 2.05) is 53.5 Å². The SMILES string of the molecule is CC(=O)C1=NN(c2ccc([N+](=O)[O-])cc2)C2(S1)SC(c1ccccc1)(c1ccccc1)c1ccccc12. The Bertz CT molecular complexity index is 1500. The molecule has 2 aliphatic rings. The van der Waals surface area contributed by atoms with Gasteiger partial charge in [0.05, 0.1) is 15.4 Å². The van der Waals surface area contributed by atoms with E-state index >= 15 is 0 Å². The fourth-order valence-electron chi connectivity index (χ4n) is 4.99. The van der Waals surface area contributed by atoms with E-state index in [9.17, 15) is 14.9 Å². The van der Waals surface area contributed by atoms with Crippen LogP contribution in [0.2, 0.25) is 0 Å². The third kappa shape index (κ3) is 3.59. The van der Waals surface area contributed by atoms with E-state index in [0.717, 1.165) is 22.3 Å². The number of hydrogen-bond acceptors (Lipinski definition) is 7. The van der Waals surface area contributed by atoms with Crippen molar-refractivity contribution in [2.45, 2.75) is 15.9 Å². The Balaban J connectivity index is 1.62. The molecule has 8 heteroatoms. The van der Waals surface area contributed by atoms with Crippen LogP contribution in [0, 0.1) is 10.1 Å². The van der Waals surface area contributed by atoms with Crippen molar-refractivity contribution in [3.63, 3.8) is 0 Å². The van der Waals surface area contributed by atoms with Crippen molar-refractivity contribution >= 4 is 45.7 Å². The Morgan fingerprint density at radius 2 is 1.35 bits per heavy atom. The van der Waals surface area contributed by atoms with Crippen LogP contribution in [0.1, 0.15) is 29.2 Å². The zero-order valence-corrected chi connectivity index (χ0v) is 21.4. The Labute approximate surface area is 222 Å². The molecule has 2 heterocycles. The molecular weight excluding hydrogens is 502 g/mol. The molecule has 0 N–H and O–H groups in total. The number of nitrogens with zero attached hydrogens (tertiary/aromatic N) is 3. The van der Waals surface area contributed by atoms with Crippen molar-refractivity contribution in [2.75, 3.05) is 5.01 Å². The molecule has 4 aromatic carbocycles. The van der Waals surface area contributed by atoms with Crippen LogP contribution in [0.15, 0.2) is 114 Å². The summed E-state index contributed by atoms with van der Waals surface area (Å²) in [7, 11) is 0. The number of ketones is 1. The van der Waals surface area contributed by atoms with Crippen LogP contribution >= 0.6 is 23.5 Å². The zero-order valence-electron chi connectivity index (χ0n) is 19.8. The van der Waals surface area contributed by atoms with Crippen LogP contribution in [0.25, 0.3) is 0 Å². The van der Waals surface area contributed by atoms with Crippen molar-refractivity contribution in [3.05, 3.63) is 142 Å². The summed E-state index contributed by atoms with van der Waals surface area (Å²) in [5.74, 6) is -0.121. The van der Waals surface area contributed by atoms with E-state index < -0.39 is 13.9 Å². The molecular formula is C29H21N3O3S2. The number of non-ortho nitro benzene ring substituents is 1. The highest BCUT2D eigenvalue weighted by Gasteiger charge is 2.61. The number of hydrogen-bond donors (Lipinski definition) is 0. The summed E-state index contributed by atoms with van der Waals surface area (Å²) >= 11 is 3.16. The molecule has 0 fully saturated rings. The molecule has 0 radical (unpaired) electrons. The topological polar surface area (TPSA) is 75.8 Å². The van der Waals surface area contributed by atoms with Gasteiger partial charge in [0.2, 0.25) is 0 Å². The van der Waals surface area contributed by atoms with Crippen molar-refractivity contribution in [2.24, 2.45) is 5.10 Å². The Morgan fingerprint density at radius 1 is 0.811 bits per heavy atom. The maximum Gasteiger partial charge on any atom is 0.269 e. The lowest BCUT2D eigenvalue weighted by Gasteiger charge is -2.37. The third-order valence-electron chi connectivity index (χ3n) is 6.61. The maximum absolute atomic E-state index is 12.6. The van der Waals surface area contributed by atoms with Gasteiger partial charge in [0.1, 0.15) is 0 Å². The molecule has 182 valence electrons. The van der Waals surface area contributed by atoms with E-state index in [2.05, 4.69) is 36.4 Å². The van der Waals surface area contributed by atoms with Gasteiger partial charge < -0.3 is 0 Å². The average molecular weight is 524 g/mol. The second kappa shape index (κ2) is 8.90. The van der Waals surface area contributed by atoms with Crippen LogP contribution in [0.5, 0.6) is 0 Å². The van der Waals surface area contributed by atoms with Gasteiger partial charge in [-0.05, 0) is 28.8 Å². The molecule has 37 heavy (non-hydrogen) atoms. The highest BCUT2D eigenvalue weighted by Crippen LogP contribution is 2.70. The van der Waals surface area contributed by atoms with Gasteiger partial charge in [0.25, 0.3) is 5.69 Å². The van der Waals surface area contributed by atoms with Gasteiger partial charge in [-0.15, -0.1) is 0 Å². The molecule has 0 amide bonds. The summed E-state index contributed by atoms with van der Waals surface area (Å²) in [6.45, 7) is 1.52. The number of nitro benzene ring substituents is 1. The van der Waals surface area contributed by atoms with E-state index in [0.29, 0.717) is 10.7 Å². The molecule has 1 atom stereocenters. The van der Waals surface area contributed by atoms with Crippen molar-refractivity contribution in [1.82, 2.24) is 0 Å². The fourth-order valence-corrected chi connectivity index (χ4v) is 8.55. The summed E-state index contributed by atoms with van der Waals surface area (Å²) in [5.41, 5.74) is 5.08. The first-order valence-corrected chi connectivity index (χ1v) is 13.3. The monoisotopic (exact) mass is 523 g/mol. The quantitative estimate of drug-likeness (QED) is 0.209. The number of carbonyl (C=O) groups is 1. The summed E-state index contributed by atoms with van der Waals surface area (Å²) in [4.78, 5) is 23.5. The van der Waals surface area contributed by atoms with Crippen LogP contribution < -0.4 is 5.01 Å². The number of nitro groups is 1. The van der Waals surface area contributed by atoms with Crippen LogP contribution in [-0.4, -0.2) is 15.8 Å². The third-order valence-corrected chi connectivity index (χ3v) is 10.0. The zero-order chi connectivity index (χ0) is 25.6. The van der Waals surface area contributed by atoms with Crippen LogP contribution in [0.4, 0.5) is 11.4 Å². The van der Waals surface area contributed by atoms with Crippen molar-refractivity contribution < 1.29 is 9.72 Å². The highest BCUT2D eigenvalue weighted by atomic mass is 32.2. The molecule has 0 aromatic heterocycles. The molecule has 0 saturated heterocycles. The van der Waals surface area contributed by atoms with Gasteiger partial charge in [0, 0.05) is 24.6 Å². The molecule has 2 aliphatic heterocycles. The number of carbonyl (C=O) groups excluding carboxylic acids is 1. The largest absolute Gasteiger partial charge is 0.292 e. The van der Waals surface area contributed by atoms with E-state index in [1.165, 1.54) is 30.8 Å². The summed E-state index contributed by atoms with van der Waals surface area (Å²) in [6.07, 6.45) is 0. The lowest BCUT2D eigenvalue weighted by molar-refractivity contribution is -0.384. The molecule has 0 aliphatic carbocycles. The van der Waals surface area contributed by atoms with E-state index in [4.69, 9.17) is 5.10 Å². The molecule has 4 aromatic rings. The van der Waals surface area contributed by atoms with E-state index in [1.54, 1.807) is 23.9 Å². The van der Waals surface area contributed by atoms with Gasteiger partial charge in [-0.25, -0.2) is 5.01 Å². The first kappa shape index (κ1) is 23.5. The number of Topliss-reactive ketones (excluding diaryl/α,β-unsaturated/α-hetero) is 1. The predicted molar refractivity (Wildman–Crippen MR) is 150 cm³/mol. The summed E-state index contributed by atoms with van der Waals surface area (Å²) in [5, 5.41) is 18.3. The molecule has 1 unspecified atom stereocenters. The molecule has 0 bridgehead atoms. The number of fused-ring (bicyclic) bond motifs is 2. The van der Waals surface area contributed by atoms with E-state index in [-0.39, 0.29) is 11.5 Å². The molecule has 0 saturated carbocycles. The number of thioether (sulfide) groups is 2. The first-order valence-electron chi connectivity index (χ1n) is 11.7. The molecule has 6 nitrogen and oxygen atoms in total. The van der Waals surface area contributed by atoms with Crippen LogP contribution in [0.3, 0.4) is 0 Å². The van der Waals surface area contributed by atoms with Gasteiger partial charge in [-0.1, -0.05) is 108 Å². The Morgan fingerprint density at radius 3 is 1.89 bits per heavy atom. The number of benzene rings is 4. The van der Waals surface area contributed by atoms with Gasteiger partial charge in [-0.3, -0.25) is 14.9 Å². The number of rotatable bonds is 5. The van der Waals surface area contributed by atoms with Crippen molar-refractivity contribution in [3.8, 4) is 0 Å². The van der Waals surface area contributed by atoms with Gasteiger partial charge in [-0.2, -0.15) is 5.10 Å². The van der Waals surface area contributed by atoms with Crippen molar-refractivity contribution in [1.29, 1.82) is 0 Å². The van der Waals surface area contributed by atoms with Gasteiger partial charge in [0.15, 0.2) is 15.0 Å². The number of anilines is 1. The summed E-state index contributed by atoms with van der Waals surface area (Å²) in [6, 6.07) is 35.4. The molecule has 6 rings (SSSR count). The first-order chi connectivity index (χ1) is 18.0. The lowest BCUT2D eigenvalue weighted by atomic mass is 9.82. The average Bonchev–Trinajstić information content (AvgIpc) is 3.47. The fraction of sp³-hybridized carbons (Fsp3) is 0.103. The highest BCUT2D eigenvalue weighted by molar-refractivity contribution is 8.27. The van der Waals surface area contributed by atoms with Crippen LogP contribution in [-0.2, 0) is 13.7 Å². The number of hydrazone groups is 1. The van der Waals surface area contributed by atoms with Gasteiger partial charge >= 0.3 is 0 Å². The second-order valence-electron chi connectivity index (χ2n) is 8.79. The Hall–Kier alpha value is -3.88. The second-order valence-corrected chi connectivity index (χ2v) is 11.6. The molecule has 1 spiro atoms. The minimum Gasteiger partial charge on any atom is -0.292 e. The smallest absolute Gasteiger partial charge is 0.269 e. The minimum atomic E-state index is -0.806. The normalized spacial score (nSPS) is 19.5. The minimum absolute atomic E-state index is 0.00261. The standard InChI is InChI=1S/C29H21N3O3S2/c1-20(33)27-30-31(23-16-18-24(19-17-23)32(34)35)29(36-27)26-15-9-8-14-25(26)28(37-29,21-10-4-2-5-11-21)22-12-6-3-7-13-22/h2-19H,1H3. The maximum atomic E-state index is 12.6. The lowest BCUT2D eigenvalue weighted by Crippen LogP contribution is -2.34. The Kier molecular flexibility index (Phi) is 5.66. The predicted octanol–water partition coefficient (Wildman–Crippen LogP) is 6.90. The summed E-state index contributed by atoms with van der Waals surface area (Å²) < 4.78 is -1.38.